The fourth-order valence-corrected chi connectivity index (χ4v) is 1.80. The molecule has 86 valence electrons. The molecule has 0 aliphatic carbocycles. The number of rotatable bonds is 4. The summed E-state index contributed by atoms with van der Waals surface area (Å²) >= 11 is 3.44. The highest BCUT2D eigenvalue weighted by molar-refractivity contribution is 9.10. The fourth-order valence-electron chi connectivity index (χ4n) is 1.33. The predicted molar refractivity (Wildman–Crippen MR) is 65.6 cm³/mol. The molecule has 2 aromatic heterocycles. The van der Waals surface area contributed by atoms with Gasteiger partial charge < -0.3 is 14.6 Å². The lowest BCUT2D eigenvalue weighted by Crippen LogP contribution is -2.19. The Morgan fingerprint density at radius 3 is 3.00 bits per heavy atom. The molecule has 0 aliphatic heterocycles. The first-order chi connectivity index (χ1) is 7.68. The molecule has 5 nitrogen and oxygen atoms in total. The van der Waals surface area contributed by atoms with Crippen LogP contribution in [0.5, 0.6) is 5.88 Å². The number of halogens is 1. The zero-order valence-electron chi connectivity index (χ0n) is 9.20. The topological polar surface area (TPSA) is 54.0 Å². The van der Waals surface area contributed by atoms with Gasteiger partial charge in [0.05, 0.1) is 5.39 Å². The van der Waals surface area contributed by atoms with Gasteiger partial charge in [0.25, 0.3) is 0 Å². The van der Waals surface area contributed by atoms with Crippen LogP contribution in [0.15, 0.2) is 17.0 Å². The van der Waals surface area contributed by atoms with Crippen molar-refractivity contribution in [1.29, 1.82) is 0 Å². The van der Waals surface area contributed by atoms with E-state index in [-0.39, 0.29) is 0 Å². The average Bonchev–Trinajstić information content (AvgIpc) is 2.61. The van der Waals surface area contributed by atoms with Crippen molar-refractivity contribution in [3.63, 3.8) is 0 Å². The molecule has 2 heterocycles. The van der Waals surface area contributed by atoms with Gasteiger partial charge in [-0.3, -0.25) is 0 Å². The van der Waals surface area contributed by atoms with Crippen molar-refractivity contribution in [2.75, 3.05) is 27.2 Å². The number of aromatic nitrogens is 3. The van der Waals surface area contributed by atoms with E-state index >= 15 is 0 Å². The van der Waals surface area contributed by atoms with Crippen LogP contribution in [0.2, 0.25) is 0 Å². The summed E-state index contributed by atoms with van der Waals surface area (Å²) in [5, 5.41) is 0.890. The van der Waals surface area contributed by atoms with Gasteiger partial charge in [-0.15, -0.1) is 0 Å². The first-order valence-electron chi connectivity index (χ1n) is 4.93. The summed E-state index contributed by atoms with van der Waals surface area (Å²) in [6.45, 7) is 1.46. The summed E-state index contributed by atoms with van der Waals surface area (Å²) in [7, 11) is 4.01. The lowest BCUT2D eigenvalue weighted by molar-refractivity contribution is 0.256. The van der Waals surface area contributed by atoms with E-state index in [0.29, 0.717) is 12.5 Å². The predicted octanol–water partition coefficient (Wildman–Crippen LogP) is 1.66. The Bertz CT molecular complexity index is 483. The average molecular weight is 285 g/mol. The van der Waals surface area contributed by atoms with Gasteiger partial charge in [-0.25, -0.2) is 9.97 Å². The van der Waals surface area contributed by atoms with Crippen molar-refractivity contribution in [3.05, 3.63) is 17.0 Å². The monoisotopic (exact) mass is 284 g/mol. The molecule has 16 heavy (non-hydrogen) atoms. The number of nitrogens with zero attached hydrogens (tertiary/aromatic N) is 3. The van der Waals surface area contributed by atoms with Crippen LogP contribution in [0.4, 0.5) is 0 Å². The molecule has 0 aliphatic rings. The molecule has 0 amide bonds. The number of aromatic amines is 1. The Labute approximate surface area is 102 Å². The second kappa shape index (κ2) is 4.80. The zero-order valence-corrected chi connectivity index (χ0v) is 10.8. The number of hydrogen-bond acceptors (Lipinski definition) is 4. The quantitative estimate of drug-likeness (QED) is 0.928. The highest BCUT2D eigenvalue weighted by Crippen LogP contribution is 2.28. The van der Waals surface area contributed by atoms with Crippen molar-refractivity contribution in [2.24, 2.45) is 0 Å². The van der Waals surface area contributed by atoms with E-state index in [1.165, 1.54) is 6.33 Å². The first-order valence-corrected chi connectivity index (χ1v) is 5.73. The summed E-state index contributed by atoms with van der Waals surface area (Å²) < 4.78 is 6.55. The summed E-state index contributed by atoms with van der Waals surface area (Å²) in [6, 6.07) is 0. The fraction of sp³-hybridized carbons (Fsp3) is 0.400. The molecule has 1 N–H and O–H groups in total. The maximum atomic E-state index is 5.63. The summed E-state index contributed by atoms with van der Waals surface area (Å²) in [6.07, 6.45) is 3.33. The molecule has 0 bridgehead atoms. The molecule has 0 saturated heterocycles. The van der Waals surface area contributed by atoms with Crippen molar-refractivity contribution < 1.29 is 4.74 Å². The Morgan fingerprint density at radius 1 is 1.44 bits per heavy atom. The van der Waals surface area contributed by atoms with Gasteiger partial charge in [-0.1, -0.05) is 0 Å². The Balaban J connectivity index is 2.20. The van der Waals surface area contributed by atoms with Gasteiger partial charge in [0, 0.05) is 17.2 Å². The van der Waals surface area contributed by atoms with Crippen molar-refractivity contribution in [1.82, 2.24) is 19.9 Å². The van der Waals surface area contributed by atoms with Crippen LogP contribution < -0.4 is 4.74 Å². The molecule has 0 aromatic carbocycles. The largest absolute Gasteiger partial charge is 0.476 e. The van der Waals surface area contributed by atoms with Gasteiger partial charge in [0.2, 0.25) is 5.88 Å². The summed E-state index contributed by atoms with van der Waals surface area (Å²) in [4.78, 5) is 13.4. The number of hydrogen-bond donors (Lipinski definition) is 1. The maximum absolute atomic E-state index is 5.63. The van der Waals surface area contributed by atoms with E-state index in [9.17, 15) is 0 Å². The van der Waals surface area contributed by atoms with Crippen molar-refractivity contribution in [2.45, 2.75) is 0 Å². The minimum Gasteiger partial charge on any atom is -0.476 e. The van der Waals surface area contributed by atoms with Gasteiger partial charge >= 0.3 is 0 Å². The van der Waals surface area contributed by atoms with Gasteiger partial charge in [0.1, 0.15) is 18.6 Å². The van der Waals surface area contributed by atoms with Crippen LogP contribution in [0.1, 0.15) is 0 Å². The highest BCUT2D eigenvalue weighted by atomic mass is 79.9. The van der Waals surface area contributed by atoms with E-state index in [1.807, 2.05) is 20.3 Å². The second-order valence-electron chi connectivity index (χ2n) is 3.69. The Kier molecular flexibility index (Phi) is 3.40. The zero-order chi connectivity index (χ0) is 11.5. The van der Waals surface area contributed by atoms with Crippen LogP contribution >= 0.6 is 15.9 Å². The van der Waals surface area contributed by atoms with E-state index < -0.39 is 0 Å². The molecule has 2 aromatic rings. The van der Waals surface area contributed by atoms with Crippen LogP contribution in [0.3, 0.4) is 0 Å². The van der Waals surface area contributed by atoms with Gasteiger partial charge in [0.15, 0.2) is 0 Å². The van der Waals surface area contributed by atoms with E-state index in [0.717, 1.165) is 22.1 Å². The minimum absolute atomic E-state index is 0.608. The van der Waals surface area contributed by atoms with E-state index in [2.05, 4.69) is 35.8 Å². The van der Waals surface area contributed by atoms with Crippen molar-refractivity contribution >= 4 is 27.0 Å². The molecule has 6 heteroatoms. The third-order valence-electron chi connectivity index (χ3n) is 2.16. The molecule has 0 unspecified atom stereocenters. The number of nitrogens with one attached hydrogen (secondary N) is 1. The smallest absolute Gasteiger partial charge is 0.227 e. The molecule has 0 radical (unpaired) electrons. The van der Waals surface area contributed by atoms with Gasteiger partial charge in [-0.2, -0.15) is 0 Å². The lowest BCUT2D eigenvalue weighted by Gasteiger charge is -2.10. The lowest BCUT2D eigenvalue weighted by atomic mass is 10.4. The number of fused-ring (bicyclic) bond motifs is 1. The molecular weight excluding hydrogens is 272 g/mol. The van der Waals surface area contributed by atoms with Crippen molar-refractivity contribution in [3.8, 4) is 5.88 Å². The Morgan fingerprint density at radius 2 is 2.25 bits per heavy atom. The molecule has 0 spiro atoms. The minimum atomic E-state index is 0.608. The van der Waals surface area contributed by atoms with Crippen LogP contribution in [0.25, 0.3) is 11.0 Å². The molecule has 0 atom stereocenters. The third-order valence-corrected chi connectivity index (χ3v) is 2.79. The summed E-state index contributed by atoms with van der Waals surface area (Å²) in [5.74, 6) is 0.611. The maximum Gasteiger partial charge on any atom is 0.227 e. The Hall–Kier alpha value is -1.14. The first kappa shape index (κ1) is 11.3. The van der Waals surface area contributed by atoms with Crippen LogP contribution in [-0.4, -0.2) is 47.1 Å². The standard InChI is InChI=1S/C10H13BrN4O/c1-15(2)3-4-16-10-8-7(11)5-12-9(8)13-6-14-10/h5-6H,3-4H2,1-2H3,(H,12,13,14). The van der Waals surface area contributed by atoms with E-state index in [4.69, 9.17) is 4.74 Å². The third kappa shape index (κ3) is 2.33. The number of ether oxygens (including phenoxy) is 1. The van der Waals surface area contributed by atoms with E-state index in [1.54, 1.807) is 0 Å². The molecule has 0 fully saturated rings. The number of likely N-dealkylation sites (N-methyl/N-ethyl adjacent to an activating group) is 1. The second-order valence-corrected chi connectivity index (χ2v) is 4.55. The molecule has 2 rings (SSSR count). The normalized spacial score (nSPS) is 11.2. The highest BCUT2D eigenvalue weighted by Gasteiger charge is 2.10. The van der Waals surface area contributed by atoms with Crippen LogP contribution in [0, 0.1) is 0 Å². The molecule has 0 saturated carbocycles. The SMILES string of the molecule is CN(C)CCOc1ncnc2[nH]cc(Br)c12. The molecular formula is C10H13BrN4O. The number of H-pyrrole nitrogens is 1. The van der Waals surface area contributed by atoms with Gasteiger partial charge in [-0.05, 0) is 30.0 Å². The van der Waals surface area contributed by atoms with Crippen LogP contribution in [-0.2, 0) is 0 Å². The summed E-state index contributed by atoms with van der Waals surface area (Å²) in [5.41, 5.74) is 0.779.